The van der Waals surface area contributed by atoms with Crippen LogP contribution in [-0.4, -0.2) is 61.3 Å². The summed E-state index contributed by atoms with van der Waals surface area (Å²) in [6.07, 6.45) is 3.51. The maximum atomic E-state index is 11.2. The Labute approximate surface area is 275 Å². The second kappa shape index (κ2) is 14.1. The molecule has 0 saturated carbocycles. The Balaban J connectivity index is 0.00000353. The van der Waals surface area contributed by atoms with Crippen LogP contribution < -0.4 is 44.3 Å². The van der Waals surface area contributed by atoms with Gasteiger partial charge in [0.05, 0.1) is 30.0 Å². The molecule has 4 heterocycles. The summed E-state index contributed by atoms with van der Waals surface area (Å²) in [5, 5.41) is 11.8. The van der Waals surface area contributed by atoms with Gasteiger partial charge in [0.2, 0.25) is 0 Å². The number of carbonyl (C=O) groups is 1. The number of aromatic nitrogens is 1. The third kappa shape index (κ3) is 6.98. The van der Waals surface area contributed by atoms with Crippen LogP contribution in [0.2, 0.25) is 5.02 Å². The number of anilines is 1. The number of ether oxygens (including phenoxy) is 2. The van der Waals surface area contributed by atoms with E-state index in [1.54, 1.807) is 0 Å². The Kier molecular flexibility index (Phi) is 10.5. The van der Waals surface area contributed by atoms with Crippen molar-refractivity contribution in [1.29, 1.82) is 0 Å². The number of carboxylic acid groups (broad SMARTS) is 1. The molecule has 42 heavy (non-hydrogen) atoms. The molecule has 0 radical (unpaired) electrons. The number of likely N-dealkylation sites (tertiary alicyclic amines) is 1. The number of aliphatic carboxylic acids is 1. The Morgan fingerprint density at radius 1 is 1.02 bits per heavy atom. The van der Waals surface area contributed by atoms with Crippen molar-refractivity contribution < 1.29 is 48.9 Å². The molecule has 6 rings (SSSR count). The number of para-hydroxylation sites is 1. The van der Waals surface area contributed by atoms with Crippen LogP contribution in [-0.2, 0) is 16.1 Å². The molecule has 2 aromatic carbocycles. The number of hydrogen-bond donors (Lipinski definition) is 0. The number of piperidine rings is 2. The Hall–Kier alpha value is -2.13. The van der Waals surface area contributed by atoms with E-state index < -0.39 is 5.97 Å². The van der Waals surface area contributed by atoms with Gasteiger partial charge in [0.25, 0.3) is 0 Å². The zero-order valence-corrected chi connectivity index (χ0v) is 27.3. The molecule has 0 amide bonds. The van der Waals surface area contributed by atoms with Crippen molar-refractivity contribution >= 4 is 23.4 Å². The van der Waals surface area contributed by atoms with Gasteiger partial charge in [-0.05, 0) is 92.6 Å². The molecular formula is C33H37ClN3NaO4. The van der Waals surface area contributed by atoms with Crippen molar-refractivity contribution in [3.63, 3.8) is 0 Å². The fourth-order valence-electron chi connectivity index (χ4n) is 6.27. The molecule has 3 aromatic rings. The monoisotopic (exact) mass is 597 g/mol. The molecule has 3 aliphatic rings. The first-order valence-electron chi connectivity index (χ1n) is 14.7. The quantitative estimate of drug-likeness (QED) is 0.367. The van der Waals surface area contributed by atoms with Crippen molar-refractivity contribution in [1.82, 2.24) is 9.88 Å². The van der Waals surface area contributed by atoms with E-state index >= 15 is 0 Å². The van der Waals surface area contributed by atoms with E-state index in [2.05, 4.69) is 34.9 Å². The molecule has 0 N–H and O–H groups in total. The second-order valence-electron chi connectivity index (χ2n) is 11.6. The van der Waals surface area contributed by atoms with Crippen LogP contribution in [0.15, 0.2) is 54.6 Å². The summed E-state index contributed by atoms with van der Waals surface area (Å²) < 4.78 is 11.8. The smallest absolute Gasteiger partial charge is 0.550 e. The van der Waals surface area contributed by atoms with Crippen LogP contribution in [0.3, 0.4) is 0 Å². The molecule has 0 aliphatic carbocycles. The summed E-state index contributed by atoms with van der Waals surface area (Å²) >= 11 is 6.66. The molecule has 0 unspecified atom stereocenters. The second-order valence-corrected chi connectivity index (χ2v) is 12.0. The summed E-state index contributed by atoms with van der Waals surface area (Å²) in [5.74, 6) is 0.688. The molecular weight excluding hydrogens is 561 g/mol. The van der Waals surface area contributed by atoms with Gasteiger partial charge in [0.1, 0.15) is 18.2 Å². The van der Waals surface area contributed by atoms with E-state index in [0.717, 1.165) is 48.9 Å². The number of pyridine rings is 1. The average Bonchev–Trinajstić information content (AvgIpc) is 2.96. The third-order valence-electron chi connectivity index (χ3n) is 9.01. The van der Waals surface area contributed by atoms with Crippen LogP contribution in [0.25, 0.3) is 11.3 Å². The van der Waals surface area contributed by atoms with Gasteiger partial charge in [-0.15, -0.1) is 0 Å². The van der Waals surface area contributed by atoms with Crippen LogP contribution in [0, 0.1) is 12.8 Å². The average molecular weight is 598 g/mol. The number of carboxylic acids is 1. The van der Waals surface area contributed by atoms with Crippen molar-refractivity contribution in [2.24, 2.45) is 5.92 Å². The zero-order chi connectivity index (χ0) is 28.3. The maximum absolute atomic E-state index is 11.2. The standard InChI is InChI=1S/C33H38ClN3O4.Na/c1-22-18-25(23-10-14-36(15-11-23)27-20-40-21-27)8-9-26(22)19-41-32-28(4-2-5-29(32)34)30-6-3-7-31(35-30)37-16-12-24(13-17-37)33(38)39;/h2-9,18,23-24,27H,10-17,19-21H2,1H3,(H,38,39);/q;+1/p-1. The minimum Gasteiger partial charge on any atom is -0.550 e. The molecule has 0 bridgehead atoms. The largest absolute Gasteiger partial charge is 1.00 e. The van der Waals surface area contributed by atoms with Crippen molar-refractivity contribution in [2.45, 2.75) is 51.2 Å². The minimum absolute atomic E-state index is 0. The number of nitrogens with zero attached hydrogens (tertiary/aromatic N) is 3. The summed E-state index contributed by atoms with van der Waals surface area (Å²) in [5.41, 5.74) is 5.39. The topological polar surface area (TPSA) is 78.0 Å². The number of carbonyl (C=O) groups excluding carboxylic acids is 1. The number of hydrogen-bond acceptors (Lipinski definition) is 7. The van der Waals surface area contributed by atoms with Crippen molar-refractivity contribution in [3.8, 4) is 17.0 Å². The fourth-order valence-corrected chi connectivity index (χ4v) is 6.50. The summed E-state index contributed by atoms with van der Waals surface area (Å²) in [6.45, 7) is 7.91. The van der Waals surface area contributed by atoms with E-state index in [4.69, 9.17) is 26.1 Å². The van der Waals surface area contributed by atoms with Gasteiger partial charge in [-0.25, -0.2) is 4.98 Å². The maximum Gasteiger partial charge on any atom is 1.00 e. The Bertz CT molecular complexity index is 1390. The first-order valence-corrected chi connectivity index (χ1v) is 15.1. The molecule has 0 atom stereocenters. The van der Waals surface area contributed by atoms with E-state index in [0.29, 0.717) is 55.3 Å². The van der Waals surface area contributed by atoms with Gasteiger partial charge < -0.3 is 24.3 Å². The van der Waals surface area contributed by atoms with Gasteiger partial charge in [0.15, 0.2) is 0 Å². The molecule has 216 valence electrons. The van der Waals surface area contributed by atoms with E-state index in [9.17, 15) is 9.90 Å². The molecule has 3 aliphatic heterocycles. The molecule has 1 aromatic heterocycles. The van der Waals surface area contributed by atoms with Crippen LogP contribution in [0.1, 0.15) is 48.3 Å². The van der Waals surface area contributed by atoms with Gasteiger partial charge in [-0.2, -0.15) is 0 Å². The summed E-state index contributed by atoms with van der Waals surface area (Å²) in [7, 11) is 0. The number of halogens is 1. The SMILES string of the molecule is Cc1cc(C2CCN(C3COC3)CC2)ccc1COc1c(Cl)cccc1-c1cccc(N2CCC(C(=O)[O-])CC2)n1.[Na+]. The predicted octanol–water partition coefficient (Wildman–Crippen LogP) is 1.84. The minimum atomic E-state index is -0.961. The Morgan fingerprint density at radius 2 is 1.76 bits per heavy atom. The van der Waals surface area contributed by atoms with Crippen LogP contribution >= 0.6 is 11.6 Å². The van der Waals surface area contributed by atoms with Crippen LogP contribution in [0.5, 0.6) is 5.75 Å². The number of rotatable bonds is 8. The zero-order valence-electron chi connectivity index (χ0n) is 24.6. The summed E-state index contributed by atoms with van der Waals surface area (Å²) in [4.78, 5) is 20.9. The van der Waals surface area contributed by atoms with Crippen molar-refractivity contribution in [2.75, 3.05) is 44.3 Å². The molecule has 7 nitrogen and oxygen atoms in total. The fraction of sp³-hybridized carbons (Fsp3) is 0.455. The number of aryl methyl sites for hydroxylation is 1. The first-order chi connectivity index (χ1) is 20.0. The van der Waals surface area contributed by atoms with Gasteiger partial charge in [-0.3, -0.25) is 4.90 Å². The van der Waals surface area contributed by atoms with Crippen LogP contribution in [0.4, 0.5) is 5.82 Å². The molecule has 9 heteroatoms. The predicted molar refractivity (Wildman–Crippen MR) is 158 cm³/mol. The van der Waals surface area contributed by atoms with Gasteiger partial charge in [0, 0.05) is 30.5 Å². The van der Waals surface area contributed by atoms with E-state index in [1.807, 2.05) is 36.4 Å². The number of benzene rings is 2. The van der Waals surface area contributed by atoms with E-state index in [1.165, 1.54) is 24.0 Å². The molecule has 3 saturated heterocycles. The Morgan fingerprint density at radius 3 is 2.43 bits per heavy atom. The molecule has 3 fully saturated rings. The van der Waals surface area contributed by atoms with Crippen molar-refractivity contribution in [3.05, 3.63) is 76.3 Å². The molecule has 0 spiro atoms. The summed E-state index contributed by atoms with van der Waals surface area (Å²) in [6, 6.07) is 19.0. The first kappa shape index (κ1) is 31.3. The van der Waals surface area contributed by atoms with Gasteiger partial charge in [-0.1, -0.05) is 41.9 Å². The van der Waals surface area contributed by atoms with E-state index in [-0.39, 0.29) is 35.5 Å². The third-order valence-corrected chi connectivity index (χ3v) is 9.30. The normalized spacial score (nSPS) is 18.8. The van der Waals surface area contributed by atoms with Gasteiger partial charge >= 0.3 is 29.6 Å².